The van der Waals surface area contributed by atoms with Crippen LogP contribution in [0.25, 0.3) is 74.7 Å². The van der Waals surface area contributed by atoms with Gasteiger partial charge in [-0.1, -0.05) is 146 Å². The molecule has 0 aliphatic rings. The average molecular weight is 654 g/mol. The van der Waals surface area contributed by atoms with E-state index in [4.69, 9.17) is 0 Å². The second-order valence-electron chi connectivity index (χ2n) is 12.9. The molecule has 0 aliphatic carbocycles. The Morgan fingerprint density at radius 2 is 0.920 bits per heavy atom. The van der Waals surface area contributed by atoms with Gasteiger partial charge in [0.2, 0.25) is 0 Å². The van der Waals surface area contributed by atoms with Crippen LogP contribution in [0.15, 0.2) is 188 Å². The molecule has 0 saturated carbocycles. The van der Waals surface area contributed by atoms with Crippen molar-refractivity contribution >= 4 is 80.9 Å². The van der Waals surface area contributed by atoms with Crippen molar-refractivity contribution in [2.45, 2.75) is 0 Å². The summed E-state index contributed by atoms with van der Waals surface area (Å²) in [6.07, 6.45) is 0. The first kappa shape index (κ1) is 28.8. The lowest BCUT2D eigenvalue weighted by Crippen LogP contribution is -2.10. The Balaban J connectivity index is 1.17. The molecule has 2 heteroatoms. The predicted octanol–water partition coefficient (Wildman–Crippen LogP) is 14.3. The average Bonchev–Trinajstić information content (AvgIpc) is 3.57. The molecule has 10 rings (SSSR count). The van der Waals surface area contributed by atoms with Crippen LogP contribution < -0.4 is 4.90 Å². The van der Waals surface area contributed by atoms with Crippen molar-refractivity contribution in [2.24, 2.45) is 0 Å². The molecule has 0 atom stereocenters. The highest BCUT2D eigenvalue weighted by atomic mass is 32.1. The molecule has 0 fully saturated rings. The minimum absolute atomic E-state index is 1.12. The maximum atomic E-state index is 2.41. The molecular weight excluding hydrogens is 623 g/mol. The van der Waals surface area contributed by atoms with Crippen LogP contribution in [0.4, 0.5) is 17.1 Å². The molecule has 1 heterocycles. The molecule has 0 amide bonds. The number of fused-ring (bicyclic) bond motifs is 8. The van der Waals surface area contributed by atoms with Gasteiger partial charge < -0.3 is 4.90 Å². The van der Waals surface area contributed by atoms with Crippen molar-refractivity contribution in [3.05, 3.63) is 188 Å². The van der Waals surface area contributed by atoms with Gasteiger partial charge in [0.25, 0.3) is 0 Å². The van der Waals surface area contributed by atoms with E-state index in [0.29, 0.717) is 0 Å². The van der Waals surface area contributed by atoms with Gasteiger partial charge in [-0.2, -0.15) is 0 Å². The molecule has 0 saturated heterocycles. The van der Waals surface area contributed by atoms with Gasteiger partial charge in [0.1, 0.15) is 0 Å². The summed E-state index contributed by atoms with van der Waals surface area (Å²) in [5.74, 6) is 0. The van der Waals surface area contributed by atoms with Crippen LogP contribution in [-0.2, 0) is 0 Å². The van der Waals surface area contributed by atoms with Crippen LogP contribution in [0.3, 0.4) is 0 Å². The summed E-state index contributed by atoms with van der Waals surface area (Å²) in [6, 6.07) is 68.7. The third-order valence-corrected chi connectivity index (χ3v) is 11.3. The van der Waals surface area contributed by atoms with E-state index in [0.717, 1.165) is 17.1 Å². The first-order valence-electron chi connectivity index (χ1n) is 17.1. The lowest BCUT2D eigenvalue weighted by Gasteiger charge is -2.27. The van der Waals surface area contributed by atoms with Gasteiger partial charge in [-0.25, -0.2) is 0 Å². The number of anilines is 3. The molecule has 1 aromatic heterocycles. The largest absolute Gasteiger partial charge is 0.310 e. The number of rotatable bonds is 5. The van der Waals surface area contributed by atoms with Crippen LogP contribution in [0, 0.1) is 0 Å². The molecule has 0 N–H and O–H groups in total. The smallest absolute Gasteiger partial charge is 0.0468 e. The van der Waals surface area contributed by atoms with E-state index in [1.165, 1.54) is 74.7 Å². The zero-order valence-electron chi connectivity index (χ0n) is 27.3. The Morgan fingerprint density at radius 3 is 1.78 bits per heavy atom. The van der Waals surface area contributed by atoms with Gasteiger partial charge >= 0.3 is 0 Å². The van der Waals surface area contributed by atoms with E-state index in [-0.39, 0.29) is 0 Å². The highest BCUT2D eigenvalue weighted by Gasteiger charge is 2.17. The number of hydrogen-bond acceptors (Lipinski definition) is 2. The summed E-state index contributed by atoms with van der Waals surface area (Å²) in [5, 5.41) is 10.2. The van der Waals surface area contributed by atoms with Crippen molar-refractivity contribution < 1.29 is 0 Å². The molecule has 0 spiro atoms. The lowest BCUT2D eigenvalue weighted by atomic mass is 9.96. The summed E-state index contributed by atoms with van der Waals surface area (Å²) in [7, 11) is 0. The SMILES string of the molecule is c1ccc(-c2ccc(N(c3cccc(-c4cccc5c4sc4ccccc45)c3)c3ccc4ccc5c6ccccc6ccc5c4c3)cc2)cc1. The van der Waals surface area contributed by atoms with Crippen molar-refractivity contribution in [3.63, 3.8) is 0 Å². The predicted molar refractivity (Wildman–Crippen MR) is 217 cm³/mol. The fraction of sp³-hybridized carbons (Fsp3) is 0. The van der Waals surface area contributed by atoms with Crippen molar-refractivity contribution in [1.29, 1.82) is 0 Å². The first-order chi connectivity index (χ1) is 24.8. The van der Waals surface area contributed by atoms with E-state index < -0.39 is 0 Å². The van der Waals surface area contributed by atoms with Gasteiger partial charge in [-0.15, -0.1) is 11.3 Å². The highest BCUT2D eigenvalue weighted by molar-refractivity contribution is 7.26. The summed E-state index contributed by atoms with van der Waals surface area (Å²) < 4.78 is 2.65. The third kappa shape index (κ3) is 4.76. The minimum Gasteiger partial charge on any atom is -0.310 e. The molecule has 0 radical (unpaired) electrons. The Morgan fingerprint density at radius 1 is 0.320 bits per heavy atom. The van der Waals surface area contributed by atoms with E-state index in [9.17, 15) is 0 Å². The Hall–Kier alpha value is -6.22. The van der Waals surface area contributed by atoms with E-state index in [1.54, 1.807) is 0 Å². The number of nitrogens with zero attached hydrogens (tertiary/aromatic N) is 1. The van der Waals surface area contributed by atoms with Crippen LogP contribution >= 0.6 is 11.3 Å². The van der Waals surface area contributed by atoms with Crippen LogP contribution in [0.1, 0.15) is 0 Å². The first-order valence-corrected chi connectivity index (χ1v) is 17.9. The number of hydrogen-bond donors (Lipinski definition) is 0. The Labute approximate surface area is 294 Å². The van der Waals surface area contributed by atoms with Crippen molar-refractivity contribution in [3.8, 4) is 22.3 Å². The Kier molecular flexibility index (Phi) is 6.75. The van der Waals surface area contributed by atoms with Crippen molar-refractivity contribution in [1.82, 2.24) is 0 Å². The summed E-state index contributed by atoms with van der Waals surface area (Å²) in [4.78, 5) is 2.41. The molecule has 9 aromatic carbocycles. The maximum Gasteiger partial charge on any atom is 0.0468 e. The van der Waals surface area contributed by atoms with Gasteiger partial charge in [-0.3, -0.25) is 0 Å². The number of benzene rings is 9. The zero-order chi connectivity index (χ0) is 33.0. The fourth-order valence-electron chi connectivity index (χ4n) is 7.61. The second-order valence-corrected chi connectivity index (χ2v) is 14.0. The van der Waals surface area contributed by atoms with Gasteiger partial charge in [0.05, 0.1) is 0 Å². The monoisotopic (exact) mass is 653 g/mol. The van der Waals surface area contributed by atoms with Gasteiger partial charge in [-0.05, 0) is 97.0 Å². The molecule has 50 heavy (non-hydrogen) atoms. The standard InChI is InChI=1S/C48H31NS/c1-2-10-32(11-3-1)33-20-25-37(26-21-33)49(39-27-22-35-24-28-42-40-15-5-4-12-34(40)23-29-43(42)46(35)31-39)38-14-8-13-36(30-38)41-17-9-18-45-44-16-6-7-19-47(44)50-48(41)45/h1-31H. The Bertz CT molecular complexity index is 2870. The summed E-state index contributed by atoms with van der Waals surface area (Å²) in [5.41, 5.74) is 8.27. The molecule has 1 nitrogen and oxygen atoms in total. The van der Waals surface area contributed by atoms with Gasteiger partial charge in [0, 0.05) is 37.2 Å². The molecule has 10 aromatic rings. The van der Waals surface area contributed by atoms with E-state index in [1.807, 2.05) is 11.3 Å². The second kappa shape index (κ2) is 11.7. The highest BCUT2D eigenvalue weighted by Crippen LogP contribution is 2.43. The molecule has 0 aliphatic heterocycles. The maximum absolute atomic E-state index is 2.41. The molecule has 0 unspecified atom stereocenters. The molecule has 234 valence electrons. The quantitative estimate of drug-likeness (QED) is 0.167. The fourth-order valence-corrected chi connectivity index (χ4v) is 8.85. The van der Waals surface area contributed by atoms with Crippen LogP contribution in [0.2, 0.25) is 0 Å². The number of thiophene rings is 1. The minimum atomic E-state index is 1.12. The van der Waals surface area contributed by atoms with Gasteiger partial charge in [0.15, 0.2) is 0 Å². The van der Waals surface area contributed by atoms with E-state index in [2.05, 4.69) is 193 Å². The van der Waals surface area contributed by atoms with E-state index >= 15 is 0 Å². The third-order valence-electron chi connectivity index (χ3n) is 10.0. The summed E-state index contributed by atoms with van der Waals surface area (Å²) in [6.45, 7) is 0. The lowest BCUT2D eigenvalue weighted by molar-refractivity contribution is 1.29. The normalized spacial score (nSPS) is 11.6. The molecule has 0 bridgehead atoms. The van der Waals surface area contributed by atoms with Crippen LogP contribution in [-0.4, -0.2) is 0 Å². The van der Waals surface area contributed by atoms with Crippen LogP contribution in [0.5, 0.6) is 0 Å². The topological polar surface area (TPSA) is 3.24 Å². The zero-order valence-corrected chi connectivity index (χ0v) is 28.1. The van der Waals surface area contributed by atoms with Crippen molar-refractivity contribution in [2.75, 3.05) is 4.90 Å². The summed E-state index contributed by atoms with van der Waals surface area (Å²) >= 11 is 1.88. The molecular formula is C48H31NS.